The lowest BCUT2D eigenvalue weighted by Gasteiger charge is -2.36. The fraction of sp³-hybridized carbons (Fsp3) is 0.528. The van der Waals surface area contributed by atoms with Crippen LogP contribution in [0.25, 0.3) is 21.8 Å². The standard InChI is InChI=1S/C89H124N22O21S/c1-7-9-20-69-82(125)100-61(29-31-90)78(121)98-54(38-74(116)96-43-73(92)115)46-133-47-75(117)99-66(34-50-23-25-55(113)26-24-50)85(128)107(4)49(3)77(120)101-63(30-32-91)87(130)110-33-15-22-70(110)83(126)104-65(37-53-42-93-48-97-53)80(123)102-62(27-28-76(118)119)88(131)111-44-56(114)39-72(111)84(127)103-64(35-51-40-94-59-18-13-11-16-57(51)59)79(122)106-68(45-112)81(124)105-67(36-52-41-95-60-19-14-12-17-58(52)60)86(129)109(6)71(21-10-8-2)89(132)108(69)5/h11-14,16-19,23-26,40-42,48-49,54,56,61-72,94-95,112-114H,7-10,15,20-22,27-39,43-47,90-91H2,1-6H3,(H2,92,115)(H,93,97)(H,96,116)(H,98,121)(H,99,117)(H,100,125)(H,101,120)(H,102,123)(H,103,127)(H,104,126)(H,105,124)(H,106,122)(H,118,119)/t49-,54+,56+,61-,62-,63-,64-,65-,66-,67-,68-,69-,70-,71-,72-/m0/s1. The van der Waals surface area contributed by atoms with Crippen molar-refractivity contribution in [3.05, 3.63) is 120 Å². The number of H-pyrrole nitrogens is 3. The number of hydrogen-bond acceptors (Lipinski definition) is 24. The molecular weight excluding hydrogens is 1750 g/mol. The van der Waals surface area contributed by atoms with Gasteiger partial charge in [-0.15, -0.1) is 11.8 Å². The number of rotatable bonds is 26. The van der Waals surface area contributed by atoms with E-state index < -0.39 is 242 Å². The summed E-state index contributed by atoms with van der Waals surface area (Å²) in [5.74, 6) is -16.8. The molecule has 3 fully saturated rings. The number of imidazole rings is 1. The van der Waals surface area contributed by atoms with E-state index in [0.29, 0.717) is 64.2 Å². The Kier molecular flexibility index (Phi) is 38.9. The quantitative estimate of drug-likeness (QED) is 0.0255. The van der Waals surface area contributed by atoms with Gasteiger partial charge in [-0.3, -0.25) is 81.5 Å². The number of aliphatic hydroxyl groups is 2. The number of likely N-dealkylation sites (N-methyl/N-ethyl adjacent to an activating group) is 3. The third kappa shape index (κ3) is 28.7. The number of primary amides is 1. The number of nitrogens with two attached hydrogens (primary N) is 3. The van der Waals surface area contributed by atoms with Gasteiger partial charge < -0.3 is 130 Å². The highest BCUT2D eigenvalue weighted by molar-refractivity contribution is 8.00. The molecule has 3 aromatic heterocycles. The zero-order chi connectivity index (χ0) is 96.9. The number of unbranched alkanes of at least 4 members (excludes halogenated alkanes) is 2. The van der Waals surface area contributed by atoms with Gasteiger partial charge >= 0.3 is 5.97 Å². The molecule has 3 saturated heterocycles. The second-order valence-electron chi connectivity index (χ2n) is 33.7. The van der Waals surface area contributed by atoms with Crippen LogP contribution in [0.2, 0.25) is 0 Å². The minimum atomic E-state index is -1.91. The molecule has 44 heteroatoms. The number of carboxylic acid groups (broad SMARTS) is 1. The molecule has 15 atom stereocenters. The number of aliphatic hydroxyl groups excluding tert-OH is 2. The van der Waals surface area contributed by atoms with Crippen LogP contribution in [-0.4, -0.2) is 328 Å². The Hall–Kier alpha value is -13.1. The zero-order valence-electron chi connectivity index (χ0n) is 75.3. The van der Waals surface area contributed by atoms with Crippen LogP contribution >= 0.6 is 11.8 Å². The molecule has 16 amide bonds. The van der Waals surface area contributed by atoms with Gasteiger partial charge in [-0.05, 0) is 106 Å². The molecule has 23 N–H and O–H groups in total. The molecule has 43 nitrogen and oxygen atoms in total. The molecule has 0 saturated carbocycles. The van der Waals surface area contributed by atoms with Crippen LogP contribution in [-0.2, 0) is 107 Å². The minimum absolute atomic E-state index is 0.00113. The second-order valence-corrected chi connectivity index (χ2v) is 34.7. The number of hydrogen-bond donors (Lipinski definition) is 20. The third-order valence-electron chi connectivity index (χ3n) is 24.0. The molecule has 0 bridgehead atoms. The van der Waals surface area contributed by atoms with Gasteiger partial charge in [-0.25, -0.2) is 4.98 Å². The summed E-state index contributed by atoms with van der Waals surface area (Å²) in [5.41, 5.74) is 20.4. The number of nitrogens with zero attached hydrogens (tertiary/aromatic N) is 6. The lowest BCUT2D eigenvalue weighted by atomic mass is 10.00. The van der Waals surface area contributed by atoms with Gasteiger partial charge in [-0.1, -0.05) is 88.1 Å². The van der Waals surface area contributed by atoms with Crippen molar-refractivity contribution in [3.8, 4) is 5.75 Å². The van der Waals surface area contributed by atoms with Crippen LogP contribution < -0.4 is 70.4 Å². The fourth-order valence-electron chi connectivity index (χ4n) is 16.5. The van der Waals surface area contributed by atoms with Gasteiger partial charge in [0.1, 0.15) is 84.3 Å². The number of phenols is 1. The van der Waals surface area contributed by atoms with E-state index >= 15 is 38.4 Å². The number of thioether (sulfide) groups is 1. The van der Waals surface area contributed by atoms with Crippen molar-refractivity contribution in [2.24, 2.45) is 17.2 Å². The van der Waals surface area contributed by atoms with Gasteiger partial charge in [0.25, 0.3) is 0 Å². The van der Waals surface area contributed by atoms with Crippen LogP contribution in [0.4, 0.5) is 0 Å². The summed E-state index contributed by atoms with van der Waals surface area (Å²) in [7, 11) is 3.97. The molecule has 0 aliphatic carbocycles. The van der Waals surface area contributed by atoms with E-state index in [1.165, 1.54) is 69.8 Å². The first-order valence-electron chi connectivity index (χ1n) is 44.6. The van der Waals surface area contributed by atoms with Crippen molar-refractivity contribution >= 4 is 134 Å². The Labute approximate surface area is 772 Å². The Morgan fingerprint density at radius 3 is 1.66 bits per heavy atom. The molecule has 133 heavy (non-hydrogen) atoms. The molecule has 0 spiro atoms. The van der Waals surface area contributed by atoms with Gasteiger partial charge in [-0.2, -0.15) is 0 Å². The second kappa shape index (κ2) is 50.0. The van der Waals surface area contributed by atoms with Crippen LogP contribution in [0.1, 0.15) is 133 Å². The number of nitrogens with one attached hydrogen (secondary N) is 13. The highest BCUT2D eigenvalue weighted by atomic mass is 32.2. The van der Waals surface area contributed by atoms with Gasteiger partial charge in [0, 0.05) is 131 Å². The van der Waals surface area contributed by atoms with E-state index in [1.807, 2.05) is 13.8 Å². The average Bonchev–Trinajstić information content (AvgIpc) is 1.59. The van der Waals surface area contributed by atoms with Gasteiger partial charge in [0.15, 0.2) is 0 Å². The number of para-hydroxylation sites is 2. The predicted octanol–water partition coefficient (Wildman–Crippen LogP) is -3.16. The third-order valence-corrected chi connectivity index (χ3v) is 25.1. The van der Waals surface area contributed by atoms with Crippen molar-refractivity contribution in [1.29, 1.82) is 0 Å². The molecule has 722 valence electrons. The fourth-order valence-corrected chi connectivity index (χ4v) is 17.4. The Bertz CT molecular complexity index is 5090. The summed E-state index contributed by atoms with van der Waals surface area (Å²) < 4.78 is 0. The van der Waals surface area contributed by atoms with Crippen LogP contribution in [0, 0.1) is 0 Å². The highest BCUT2D eigenvalue weighted by Gasteiger charge is 2.47. The molecule has 0 radical (unpaired) electrons. The maximum absolute atomic E-state index is 15.7. The van der Waals surface area contributed by atoms with E-state index in [9.17, 15) is 63.6 Å². The summed E-state index contributed by atoms with van der Waals surface area (Å²) in [6.45, 7) is 2.28. The lowest BCUT2D eigenvalue weighted by Crippen LogP contribution is -2.61. The number of aliphatic carboxylic acids is 1. The van der Waals surface area contributed by atoms with Crippen molar-refractivity contribution in [2.75, 3.05) is 72.0 Å². The summed E-state index contributed by atoms with van der Waals surface area (Å²) in [6, 6.07) is -1.68. The highest BCUT2D eigenvalue weighted by Crippen LogP contribution is 2.28. The molecule has 6 aromatic rings. The minimum Gasteiger partial charge on any atom is -0.508 e. The Morgan fingerprint density at radius 1 is 0.541 bits per heavy atom. The monoisotopic (exact) mass is 1870 g/mol. The molecular formula is C89H124N22O21S. The van der Waals surface area contributed by atoms with Crippen molar-refractivity contribution in [3.63, 3.8) is 0 Å². The van der Waals surface area contributed by atoms with E-state index in [1.54, 1.807) is 60.9 Å². The van der Waals surface area contributed by atoms with Crippen molar-refractivity contribution in [1.82, 2.24) is 97.6 Å². The number of fused-ring (bicyclic) bond motifs is 4. The maximum Gasteiger partial charge on any atom is 0.303 e. The Morgan fingerprint density at radius 2 is 1.06 bits per heavy atom. The molecule has 3 aromatic carbocycles. The first-order valence-corrected chi connectivity index (χ1v) is 45.7. The van der Waals surface area contributed by atoms with Gasteiger partial charge in [0.2, 0.25) is 94.5 Å². The molecule has 3 aliphatic heterocycles. The largest absolute Gasteiger partial charge is 0.508 e. The van der Waals surface area contributed by atoms with Crippen LogP contribution in [0.3, 0.4) is 0 Å². The number of carbonyl (C=O) groups is 17. The average molecular weight is 1870 g/mol. The SMILES string of the molecule is CCCC[C@H]1C(=O)N(C)[C@@H](CCCC)C(=O)N[C@@H](CCN)C(=O)N[C@H](CC(=O)NCC(N)=O)CSCC(=O)N[C@@H](Cc2ccc(O)cc2)C(=O)N(C)[C@@H](C)C(=O)N[C@@H](CCN)C(=O)N2CCC[C@H]2C(=O)N[C@@H](Cc2c[nH]cn2)C(=O)N[C@@H](CCC(=O)O)C(=O)N2C[C@H](O)C[C@H]2C(=O)N[C@@H](Cc2c[nH]c3ccccc23)C(=O)N[C@@H](CO)C(=O)N[C@@H](Cc2c[nH]c3ccccc23)C(=O)N1C. The summed E-state index contributed by atoms with van der Waals surface area (Å²) >= 11 is 0.892. The summed E-state index contributed by atoms with van der Waals surface area (Å²) in [5, 5.41) is 70.6. The normalized spacial score (nSPS) is 25.0. The van der Waals surface area contributed by atoms with Crippen LogP contribution in [0.5, 0.6) is 5.75 Å². The molecule has 3 aliphatic rings. The predicted molar refractivity (Wildman–Crippen MR) is 486 cm³/mol. The van der Waals surface area contributed by atoms with Crippen LogP contribution in [0.15, 0.2) is 97.7 Å². The maximum atomic E-state index is 15.7. The summed E-state index contributed by atoms with van der Waals surface area (Å²) in [6.07, 6.45) is 2.33. The first-order chi connectivity index (χ1) is 63.6. The van der Waals surface area contributed by atoms with E-state index in [2.05, 4.69) is 73.1 Å². The van der Waals surface area contributed by atoms with Crippen molar-refractivity contribution in [2.45, 2.75) is 227 Å². The van der Waals surface area contributed by atoms with E-state index in [0.717, 1.165) is 31.4 Å². The van der Waals surface area contributed by atoms with Gasteiger partial charge in [0.05, 0.1) is 37.0 Å². The van der Waals surface area contributed by atoms with Crippen molar-refractivity contribution < 1.29 is 102 Å². The molecule has 9 rings (SSSR count). The smallest absolute Gasteiger partial charge is 0.303 e. The number of amides is 16. The first kappa shape index (κ1) is 104. The van der Waals surface area contributed by atoms with E-state index in [-0.39, 0.29) is 101 Å². The number of benzene rings is 3. The summed E-state index contributed by atoms with van der Waals surface area (Å²) in [4.78, 5) is 267. The molecule has 0 unspecified atom stereocenters. The van der Waals surface area contributed by atoms with E-state index in [4.69, 9.17) is 17.2 Å². The number of phenolic OH excluding ortho intramolecular Hbond substituents is 1. The number of aromatic hydroxyl groups is 1. The lowest BCUT2D eigenvalue weighted by molar-refractivity contribution is -0.149. The number of aromatic amines is 3. The topological polar surface area (TPSA) is 646 Å². The zero-order valence-corrected chi connectivity index (χ0v) is 76.2. The number of carboxylic acids is 1. The molecule has 6 heterocycles. The Balaban J connectivity index is 1.09. The number of aromatic nitrogens is 4. The number of carbonyl (C=O) groups excluding carboxylic acids is 16.